The molecule has 27 heavy (non-hydrogen) atoms. The molecule has 0 aliphatic rings. The molecule has 0 saturated carbocycles. The van der Waals surface area contributed by atoms with Crippen molar-refractivity contribution in [3.63, 3.8) is 0 Å². The second-order valence-electron chi connectivity index (χ2n) is 7.40. The Labute approximate surface area is 166 Å². The molecule has 140 valence electrons. The highest BCUT2D eigenvalue weighted by Gasteiger charge is 2.22. The number of halogens is 1. The van der Waals surface area contributed by atoms with Crippen LogP contribution >= 0.6 is 15.9 Å². The number of para-hydroxylation sites is 1. The van der Waals surface area contributed by atoms with E-state index in [1.807, 2.05) is 45.9 Å². The Morgan fingerprint density at radius 2 is 1.74 bits per heavy atom. The number of rotatable bonds is 3. The van der Waals surface area contributed by atoms with Gasteiger partial charge in [0.1, 0.15) is 5.58 Å². The van der Waals surface area contributed by atoms with E-state index in [1.54, 1.807) is 24.3 Å². The molecule has 2 aromatic carbocycles. The molecule has 0 unspecified atom stereocenters. The summed E-state index contributed by atoms with van der Waals surface area (Å²) in [7, 11) is 0. The maximum Gasteiger partial charge on any atom is 0.291 e. The standard InChI is InChI=1S/C21H21BrN2O3/c1-12-15-11-13(22)9-10-17(15)27-18(12)20(26)23-16-8-6-5-7-14(16)19(25)24-21(2,3)4/h5-11H,1-4H3,(H,23,26)(H,24,25). The molecule has 2 N–H and O–H groups in total. The smallest absolute Gasteiger partial charge is 0.291 e. The average Bonchev–Trinajstić information content (AvgIpc) is 2.90. The third-order valence-corrected chi connectivity index (χ3v) is 4.51. The Hall–Kier alpha value is -2.60. The van der Waals surface area contributed by atoms with Gasteiger partial charge in [-0.25, -0.2) is 0 Å². The van der Waals surface area contributed by atoms with E-state index < -0.39 is 5.91 Å². The molecule has 6 heteroatoms. The minimum atomic E-state index is -0.393. The lowest BCUT2D eigenvalue weighted by Gasteiger charge is -2.21. The molecule has 2 amide bonds. The van der Waals surface area contributed by atoms with E-state index in [4.69, 9.17) is 4.42 Å². The monoisotopic (exact) mass is 428 g/mol. The molecule has 1 aromatic heterocycles. The fraction of sp³-hybridized carbons (Fsp3) is 0.238. The molecule has 1 heterocycles. The van der Waals surface area contributed by atoms with Crippen LogP contribution in [0.15, 0.2) is 51.4 Å². The van der Waals surface area contributed by atoms with Crippen LogP contribution in [-0.4, -0.2) is 17.4 Å². The van der Waals surface area contributed by atoms with Crippen molar-refractivity contribution in [1.82, 2.24) is 5.32 Å². The van der Waals surface area contributed by atoms with Crippen molar-refractivity contribution < 1.29 is 14.0 Å². The number of nitrogens with one attached hydrogen (secondary N) is 2. The number of amides is 2. The van der Waals surface area contributed by atoms with Crippen LogP contribution < -0.4 is 10.6 Å². The van der Waals surface area contributed by atoms with Crippen molar-refractivity contribution in [3.8, 4) is 0 Å². The van der Waals surface area contributed by atoms with E-state index in [0.29, 0.717) is 16.8 Å². The van der Waals surface area contributed by atoms with Gasteiger partial charge in [-0.15, -0.1) is 0 Å². The fourth-order valence-corrected chi connectivity index (χ4v) is 3.15. The highest BCUT2D eigenvalue weighted by atomic mass is 79.9. The number of hydrogen-bond donors (Lipinski definition) is 2. The number of aryl methyl sites for hydroxylation is 1. The summed E-state index contributed by atoms with van der Waals surface area (Å²) in [4.78, 5) is 25.4. The lowest BCUT2D eigenvalue weighted by Crippen LogP contribution is -2.40. The minimum Gasteiger partial charge on any atom is -0.451 e. The Bertz CT molecular complexity index is 1030. The SMILES string of the molecule is Cc1c(C(=O)Nc2ccccc2C(=O)NC(C)(C)C)oc2ccc(Br)cc12. The van der Waals surface area contributed by atoms with Gasteiger partial charge in [-0.05, 0) is 58.0 Å². The quantitative estimate of drug-likeness (QED) is 0.595. The predicted molar refractivity (Wildman–Crippen MR) is 110 cm³/mol. The van der Waals surface area contributed by atoms with E-state index in [2.05, 4.69) is 26.6 Å². The van der Waals surface area contributed by atoms with Crippen LogP contribution in [-0.2, 0) is 0 Å². The van der Waals surface area contributed by atoms with Gasteiger partial charge in [0.15, 0.2) is 5.76 Å². The van der Waals surface area contributed by atoms with Gasteiger partial charge in [0, 0.05) is 21.0 Å². The minimum absolute atomic E-state index is 0.231. The molecule has 0 spiro atoms. The third-order valence-electron chi connectivity index (χ3n) is 4.01. The first-order valence-electron chi connectivity index (χ1n) is 8.57. The molecule has 3 rings (SSSR count). The molecule has 3 aromatic rings. The zero-order valence-electron chi connectivity index (χ0n) is 15.6. The van der Waals surface area contributed by atoms with E-state index >= 15 is 0 Å². The van der Waals surface area contributed by atoms with Crippen LogP contribution in [0, 0.1) is 6.92 Å². The number of hydrogen-bond acceptors (Lipinski definition) is 3. The highest BCUT2D eigenvalue weighted by molar-refractivity contribution is 9.10. The predicted octanol–water partition coefficient (Wildman–Crippen LogP) is 5.28. The summed E-state index contributed by atoms with van der Waals surface area (Å²) in [6, 6.07) is 12.5. The van der Waals surface area contributed by atoms with Gasteiger partial charge < -0.3 is 15.1 Å². The molecule has 0 atom stereocenters. The van der Waals surface area contributed by atoms with Crippen LogP contribution in [0.1, 0.15) is 47.2 Å². The molecule has 0 bridgehead atoms. The van der Waals surface area contributed by atoms with Crippen LogP contribution in [0.2, 0.25) is 0 Å². The second kappa shape index (κ2) is 7.19. The number of furan rings is 1. The number of carbonyl (C=O) groups is 2. The Morgan fingerprint density at radius 3 is 2.44 bits per heavy atom. The second-order valence-corrected chi connectivity index (χ2v) is 8.32. The molecule has 5 nitrogen and oxygen atoms in total. The van der Waals surface area contributed by atoms with Crippen LogP contribution in [0.25, 0.3) is 11.0 Å². The maximum atomic E-state index is 12.8. The zero-order valence-corrected chi connectivity index (χ0v) is 17.2. The Morgan fingerprint density at radius 1 is 1.04 bits per heavy atom. The molecule has 0 radical (unpaired) electrons. The highest BCUT2D eigenvalue weighted by Crippen LogP contribution is 2.29. The fourth-order valence-electron chi connectivity index (χ4n) is 2.79. The molecule has 0 saturated heterocycles. The first-order chi connectivity index (χ1) is 12.7. The maximum absolute atomic E-state index is 12.8. The van der Waals surface area contributed by atoms with E-state index in [0.717, 1.165) is 15.4 Å². The van der Waals surface area contributed by atoms with Crippen molar-refractivity contribution in [2.75, 3.05) is 5.32 Å². The summed E-state index contributed by atoms with van der Waals surface area (Å²) >= 11 is 3.43. The van der Waals surface area contributed by atoms with Crippen LogP contribution in [0.3, 0.4) is 0 Å². The summed E-state index contributed by atoms with van der Waals surface area (Å²) in [5.41, 5.74) is 1.85. The summed E-state index contributed by atoms with van der Waals surface area (Å²) in [6.07, 6.45) is 0. The van der Waals surface area contributed by atoms with Crippen molar-refractivity contribution in [1.29, 1.82) is 0 Å². The van der Waals surface area contributed by atoms with Crippen LogP contribution in [0.4, 0.5) is 5.69 Å². The number of anilines is 1. The first kappa shape index (κ1) is 19.2. The normalized spacial score (nSPS) is 11.4. The molecular formula is C21H21BrN2O3. The lowest BCUT2D eigenvalue weighted by atomic mass is 10.1. The Balaban J connectivity index is 1.91. The summed E-state index contributed by atoms with van der Waals surface area (Å²) in [5.74, 6) is -0.409. The van der Waals surface area contributed by atoms with Crippen LogP contribution in [0.5, 0.6) is 0 Å². The van der Waals surface area contributed by atoms with Gasteiger partial charge in [-0.1, -0.05) is 28.1 Å². The molecule has 0 aliphatic carbocycles. The van der Waals surface area contributed by atoms with Gasteiger partial charge >= 0.3 is 0 Å². The molecule has 0 aliphatic heterocycles. The number of carbonyl (C=O) groups excluding carboxylic acids is 2. The van der Waals surface area contributed by atoms with Gasteiger partial charge in [-0.2, -0.15) is 0 Å². The van der Waals surface area contributed by atoms with E-state index in [9.17, 15) is 9.59 Å². The van der Waals surface area contributed by atoms with Gasteiger partial charge in [0.2, 0.25) is 0 Å². The van der Waals surface area contributed by atoms with E-state index in [-0.39, 0.29) is 17.2 Å². The summed E-state index contributed by atoms with van der Waals surface area (Å²) in [5, 5.41) is 6.58. The number of fused-ring (bicyclic) bond motifs is 1. The van der Waals surface area contributed by atoms with Crippen molar-refractivity contribution >= 4 is 44.4 Å². The van der Waals surface area contributed by atoms with Gasteiger partial charge in [0.05, 0.1) is 11.3 Å². The lowest BCUT2D eigenvalue weighted by molar-refractivity contribution is 0.0920. The average molecular weight is 429 g/mol. The zero-order chi connectivity index (χ0) is 19.8. The summed E-state index contributed by atoms with van der Waals surface area (Å²) in [6.45, 7) is 7.55. The van der Waals surface area contributed by atoms with Gasteiger partial charge in [0.25, 0.3) is 11.8 Å². The third kappa shape index (κ3) is 4.22. The van der Waals surface area contributed by atoms with Crippen molar-refractivity contribution in [3.05, 3.63) is 63.8 Å². The Kier molecular flexibility index (Phi) is 5.11. The van der Waals surface area contributed by atoms with Crippen molar-refractivity contribution in [2.24, 2.45) is 0 Å². The van der Waals surface area contributed by atoms with Gasteiger partial charge in [-0.3, -0.25) is 9.59 Å². The topological polar surface area (TPSA) is 71.3 Å². The summed E-state index contributed by atoms with van der Waals surface area (Å²) < 4.78 is 6.65. The largest absolute Gasteiger partial charge is 0.451 e. The number of benzene rings is 2. The van der Waals surface area contributed by atoms with Crippen molar-refractivity contribution in [2.45, 2.75) is 33.2 Å². The molecular weight excluding hydrogens is 408 g/mol. The van der Waals surface area contributed by atoms with E-state index in [1.165, 1.54) is 0 Å². The first-order valence-corrected chi connectivity index (χ1v) is 9.36. The molecule has 0 fully saturated rings.